The van der Waals surface area contributed by atoms with E-state index in [1.165, 1.54) is 29.1 Å². The zero-order valence-electron chi connectivity index (χ0n) is 17.0. The third kappa shape index (κ3) is 5.16. The Kier molecular flexibility index (Phi) is 6.92. The van der Waals surface area contributed by atoms with Gasteiger partial charge in [-0.1, -0.05) is 37.6 Å². The topological polar surface area (TPSA) is 75.7 Å². The van der Waals surface area contributed by atoms with Crippen LogP contribution in [0, 0.1) is 0 Å². The number of amides is 1. The normalized spacial score (nSPS) is 15.1. The van der Waals surface area contributed by atoms with Crippen LogP contribution < -0.4 is 10.1 Å². The SMILES string of the molecule is CCc1ccc(CC(=O)Nc2cc(S(=O)(=O)N3CCCCC3)ccc2OC)cc1. The Hall–Kier alpha value is -2.38. The summed E-state index contributed by atoms with van der Waals surface area (Å²) in [5.41, 5.74) is 2.47. The highest BCUT2D eigenvalue weighted by atomic mass is 32.2. The summed E-state index contributed by atoms with van der Waals surface area (Å²) < 4.78 is 32.7. The monoisotopic (exact) mass is 416 g/mol. The lowest BCUT2D eigenvalue weighted by Crippen LogP contribution is -2.35. The van der Waals surface area contributed by atoms with Gasteiger partial charge in [-0.15, -0.1) is 0 Å². The van der Waals surface area contributed by atoms with Gasteiger partial charge in [-0.05, 0) is 48.6 Å². The summed E-state index contributed by atoms with van der Waals surface area (Å²) in [6.45, 7) is 3.15. The van der Waals surface area contributed by atoms with E-state index in [2.05, 4.69) is 12.2 Å². The van der Waals surface area contributed by atoms with Gasteiger partial charge >= 0.3 is 0 Å². The average Bonchev–Trinajstić information content (AvgIpc) is 2.74. The van der Waals surface area contributed by atoms with E-state index in [0.29, 0.717) is 24.5 Å². The quantitative estimate of drug-likeness (QED) is 0.748. The Balaban J connectivity index is 1.78. The number of aryl methyl sites for hydroxylation is 1. The van der Waals surface area contributed by atoms with E-state index in [0.717, 1.165) is 31.2 Å². The van der Waals surface area contributed by atoms with Crippen LogP contribution in [-0.4, -0.2) is 38.8 Å². The van der Waals surface area contributed by atoms with E-state index in [1.54, 1.807) is 6.07 Å². The average molecular weight is 417 g/mol. The molecule has 1 aliphatic rings. The summed E-state index contributed by atoms with van der Waals surface area (Å²) in [7, 11) is -2.09. The van der Waals surface area contributed by atoms with Crippen molar-refractivity contribution in [3.63, 3.8) is 0 Å². The third-order valence-corrected chi connectivity index (χ3v) is 7.09. The molecular weight excluding hydrogens is 388 g/mol. The number of piperidine rings is 1. The van der Waals surface area contributed by atoms with Gasteiger partial charge in [0.25, 0.3) is 0 Å². The minimum atomic E-state index is -3.59. The summed E-state index contributed by atoms with van der Waals surface area (Å²) in [5, 5.41) is 2.81. The first-order valence-corrected chi connectivity index (χ1v) is 11.4. The number of hydrogen-bond donors (Lipinski definition) is 1. The standard InChI is InChI=1S/C22H28N2O4S/c1-3-17-7-9-18(10-8-17)15-22(25)23-20-16-19(11-12-21(20)28-2)29(26,27)24-13-5-4-6-14-24/h7-12,16H,3-6,13-15H2,1-2H3,(H,23,25). The first-order valence-electron chi connectivity index (χ1n) is 10.00. The van der Waals surface area contributed by atoms with Crippen LogP contribution in [0.4, 0.5) is 5.69 Å². The molecule has 1 fully saturated rings. The van der Waals surface area contributed by atoms with Gasteiger partial charge in [-0.3, -0.25) is 4.79 Å². The number of rotatable bonds is 7. The maximum atomic E-state index is 12.9. The van der Waals surface area contributed by atoms with Gasteiger partial charge in [0.15, 0.2) is 0 Å². The van der Waals surface area contributed by atoms with Crippen molar-refractivity contribution >= 4 is 21.6 Å². The summed E-state index contributed by atoms with van der Waals surface area (Å²) in [5.74, 6) is 0.206. The number of benzene rings is 2. The number of ether oxygens (including phenoxy) is 1. The van der Waals surface area contributed by atoms with Crippen molar-refractivity contribution in [1.82, 2.24) is 4.31 Å². The molecule has 0 radical (unpaired) electrons. The molecule has 2 aromatic rings. The first-order chi connectivity index (χ1) is 13.9. The summed E-state index contributed by atoms with van der Waals surface area (Å²) in [6.07, 6.45) is 3.94. The predicted octanol–water partition coefficient (Wildman–Crippen LogP) is 3.61. The number of methoxy groups -OCH3 is 1. The number of anilines is 1. The van der Waals surface area contributed by atoms with E-state index in [1.807, 2.05) is 24.3 Å². The fourth-order valence-corrected chi connectivity index (χ4v) is 5.02. The van der Waals surface area contributed by atoms with Gasteiger partial charge in [0, 0.05) is 13.1 Å². The van der Waals surface area contributed by atoms with Crippen molar-refractivity contribution in [2.45, 2.75) is 43.9 Å². The Morgan fingerprint density at radius 3 is 2.31 bits per heavy atom. The largest absolute Gasteiger partial charge is 0.495 e. The summed E-state index contributed by atoms with van der Waals surface area (Å²) >= 11 is 0. The highest BCUT2D eigenvalue weighted by Gasteiger charge is 2.27. The second-order valence-electron chi connectivity index (χ2n) is 7.22. The van der Waals surface area contributed by atoms with Crippen molar-refractivity contribution in [1.29, 1.82) is 0 Å². The molecule has 0 atom stereocenters. The lowest BCUT2D eigenvalue weighted by Gasteiger charge is -2.26. The van der Waals surface area contributed by atoms with Gasteiger partial charge < -0.3 is 10.1 Å². The molecule has 0 unspecified atom stereocenters. The molecule has 0 bridgehead atoms. The molecule has 1 aliphatic heterocycles. The molecule has 1 N–H and O–H groups in total. The van der Waals surface area contributed by atoms with Crippen molar-refractivity contribution in [2.75, 3.05) is 25.5 Å². The van der Waals surface area contributed by atoms with Crippen molar-refractivity contribution < 1.29 is 17.9 Å². The molecule has 3 rings (SSSR count). The maximum Gasteiger partial charge on any atom is 0.243 e. The molecule has 0 aromatic heterocycles. The van der Waals surface area contributed by atoms with Crippen molar-refractivity contribution in [2.24, 2.45) is 0 Å². The highest BCUT2D eigenvalue weighted by Crippen LogP contribution is 2.30. The zero-order valence-corrected chi connectivity index (χ0v) is 17.8. The summed E-state index contributed by atoms with van der Waals surface area (Å²) in [6, 6.07) is 12.5. The van der Waals surface area contributed by atoms with Crippen LogP contribution in [-0.2, 0) is 27.7 Å². The van der Waals surface area contributed by atoms with Crippen LogP contribution in [0.5, 0.6) is 5.75 Å². The number of sulfonamides is 1. The molecule has 0 spiro atoms. The van der Waals surface area contributed by atoms with Crippen LogP contribution in [0.1, 0.15) is 37.3 Å². The predicted molar refractivity (Wildman–Crippen MR) is 114 cm³/mol. The van der Waals surface area contributed by atoms with Crippen LogP contribution in [0.15, 0.2) is 47.4 Å². The highest BCUT2D eigenvalue weighted by molar-refractivity contribution is 7.89. The Morgan fingerprint density at radius 2 is 1.69 bits per heavy atom. The van der Waals surface area contributed by atoms with E-state index in [9.17, 15) is 13.2 Å². The number of carbonyl (C=O) groups is 1. The second kappa shape index (κ2) is 9.41. The van der Waals surface area contributed by atoms with Gasteiger partial charge in [0.2, 0.25) is 15.9 Å². The number of hydrogen-bond acceptors (Lipinski definition) is 4. The van der Waals surface area contributed by atoms with Gasteiger partial charge in [0.1, 0.15) is 5.75 Å². The van der Waals surface area contributed by atoms with E-state index < -0.39 is 10.0 Å². The lowest BCUT2D eigenvalue weighted by atomic mass is 10.1. The van der Waals surface area contributed by atoms with Crippen LogP contribution in [0.3, 0.4) is 0 Å². The zero-order chi connectivity index (χ0) is 20.9. The molecule has 7 heteroatoms. The van der Waals surface area contributed by atoms with Crippen molar-refractivity contribution in [3.05, 3.63) is 53.6 Å². The number of nitrogens with zero attached hydrogens (tertiary/aromatic N) is 1. The van der Waals surface area contributed by atoms with Crippen LogP contribution in [0.2, 0.25) is 0 Å². The Bertz CT molecular complexity index is 949. The molecule has 1 saturated heterocycles. The first kappa shape index (κ1) is 21.3. The summed E-state index contributed by atoms with van der Waals surface area (Å²) in [4.78, 5) is 12.7. The number of carbonyl (C=O) groups excluding carboxylic acids is 1. The molecule has 0 aliphatic carbocycles. The smallest absolute Gasteiger partial charge is 0.243 e. The second-order valence-corrected chi connectivity index (χ2v) is 9.16. The van der Waals surface area contributed by atoms with E-state index in [-0.39, 0.29) is 17.2 Å². The third-order valence-electron chi connectivity index (χ3n) is 5.19. The molecule has 156 valence electrons. The van der Waals surface area contributed by atoms with E-state index in [4.69, 9.17) is 4.74 Å². The van der Waals surface area contributed by atoms with Crippen LogP contribution >= 0.6 is 0 Å². The Morgan fingerprint density at radius 1 is 1.03 bits per heavy atom. The fraction of sp³-hybridized carbons (Fsp3) is 0.409. The van der Waals surface area contributed by atoms with Gasteiger partial charge in [0.05, 0.1) is 24.1 Å². The molecule has 1 amide bonds. The molecular formula is C22H28N2O4S. The number of nitrogens with one attached hydrogen (secondary N) is 1. The van der Waals surface area contributed by atoms with E-state index >= 15 is 0 Å². The molecule has 2 aromatic carbocycles. The molecule has 0 saturated carbocycles. The maximum absolute atomic E-state index is 12.9. The lowest BCUT2D eigenvalue weighted by molar-refractivity contribution is -0.115. The fourth-order valence-electron chi connectivity index (χ4n) is 3.47. The molecule has 29 heavy (non-hydrogen) atoms. The molecule has 6 nitrogen and oxygen atoms in total. The Labute approximate surface area is 172 Å². The van der Waals surface area contributed by atoms with Crippen molar-refractivity contribution in [3.8, 4) is 5.75 Å². The molecule has 1 heterocycles. The van der Waals surface area contributed by atoms with Gasteiger partial charge in [-0.2, -0.15) is 4.31 Å². The van der Waals surface area contributed by atoms with Crippen LogP contribution in [0.25, 0.3) is 0 Å². The van der Waals surface area contributed by atoms with Gasteiger partial charge in [-0.25, -0.2) is 8.42 Å². The minimum Gasteiger partial charge on any atom is -0.495 e. The minimum absolute atomic E-state index is 0.169.